The molecule has 1 aliphatic heterocycles. The van der Waals surface area contributed by atoms with Crippen LogP contribution in [0.1, 0.15) is 11.5 Å². The first-order valence-electron chi connectivity index (χ1n) is 9.75. The molecule has 0 fully saturated rings. The Morgan fingerprint density at radius 1 is 1.12 bits per heavy atom. The molecule has 0 saturated carbocycles. The van der Waals surface area contributed by atoms with Crippen LogP contribution in [0, 0.1) is 5.82 Å². The first kappa shape index (κ1) is 18.8. The molecule has 0 N–H and O–H groups in total. The summed E-state index contributed by atoms with van der Waals surface area (Å²) in [6.07, 6.45) is 4.80. The van der Waals surface area contributed by atoms with Gasteiger partial charge in [0.15, 0.2) is 23.2 Å². The molecule has 158 valence electrons. The van der Waals surface area contributed by atoms with Crippen molar-refractivity contribution < 1.29 is 13.5 Å². The van der Waals surface area contributed by atoms with E-state index in [0.717, 1.165) is 16.9 Å². The molecule has 0 amide bonds. The highest BCUT2D eigenvalue weighted by Crippen LogP contribution is 2.36. The van der Waals surface area contributed by atoms with Crippen LogP contribution in [0.3, 0.4) is 0 Å². The first-order chi connectivity index (χ1) is 15.7. The first-order valence-corrected chi connectivity index (χ1v) is 10.1. The molecule has 2 aromatic carbocycles. The van der Waals surface area contributed by atoms with E-state index in [1.807, 2.05) is 27.3 Å². The lowest BCUT2D eigenvalue weighted by atomic mass is 10.1. The summed E-state index contributed by atoms with van der Waals surface area (Å²) < 4.78 is 29.1. The highest BCUT2D eigenvalue weighted by Gasteiger charge is 2.28. The average molecular weight is 449 g/mol. The molecular weight excluding hydrogens is 435 g/mol. The standard InChI is InChI=1S/C22H14ClFN6O2/c23-13-5-6-16-14(9-13)21-28-27-19(11-32-18-4-2-1-3-15(18)24)29(21)10-17-20(26-12-30(16)17)22-25-7-8-31-22/h1-9,12H,10-11H2. The van der Waals surface area contributed by atoms with Crippen LogP contribution < -0.4 is 4.74 Å². The van der Waals surface area contributed by atoms with Gasteiger partial charge in [0.05, 0.1) is 24.1 Å². The van der Waals surface area contributed by atoms with E-state index in [-0.39, 0.29) is 12.4 Å². The second-order valence-corrected chi connectivity index (χ2v) is 7.59. The third kappa shape index (κ3) is 2.97. The molecule has 32 heavy (non-hydrogen) atoms. The quantitative estimate of drug-likeness (QED) is 0.394. The van der Waals surface area contributed by atoms with Crippen LogP contribution in [-0.2, 0) is 13.2 Å². The molecule has 0 atom stereocenters. The van der Waals surface area contributed by atoms with Gasteiger partial charge < -0.3 is 13.7 Å². The van der Waals surface area contributed by atoms with Gasteiger partial charge in [0.25, 0.3) is 0 Å². The molecule has 0 bridgehead atoms. The highest BCUT2D eigenvalue weighted by atomic mass is 35.5. The van der Waals surface area contributed by atoms with Crippen LogP contribution >= 0.6 is 11.6 Å². The number of rotatable bonds is 4. The van der Waals surface area contributed by atoms with Crippen LogP contribution in [-0.4, -0.2) is 29.3 Å². The van der Waals surface area contributed by atoms with Crippen LogP contribution in [0.15, 0.2) is 65.7 Å². The molecule has 5 aromatic rings. The largest absolute Gasteiger partial charge is 0.483 e. The van der Waals surface area contributed by atoms with Crippen molar-refractivity contribution in [3.63, 3.8) is 0 Å². The SMILES string of the molecule is Fc1ccccc1OCc1nnc2n1Cc1c(-c3ncco3)ncn1-c1ccc(Cl)cc1-2. The zero-order chi connectivity index (χ0) is 21.7. The fourth-order valence-electron chi connectivity index (χ4n) is 3.81. The van der Waals surface area contributed by atoms with Gasteiger partial charge in [-0.2, -0.15) is 0 Å². The third-order valence-electron chi connectivity index (χ3n) is 5.29. The van der Waals surface area contributed by atoms with Gasteiger partial charge in [-0.15, -0.1) is 10.2 Å². The average Bonchev–Trinajstić information content (AvgIpc) is 3.53. The Morgan fingerprint density at radius 3 is 2.88 bits per heavy atom. The van der Waals surface area contributed by atoms with Crippen LogP contribution in [0.5, 0.6) is 5.75 Å². The van der Waals surface area contributed by atoms with E-state index < -0.39 is 5.82 Å². The Morgan fingerprint density at radius 2 is 2.03 bits per heavy atom. The summed E-state index contributed by atoms with van der Waals surface area (Å²) in [4.78, 5) is 8.78. The number of hydrogen-bond acceptors (Lipinski definition) is 6. The lowest BCUT2D eigenvalue weighted by Crippen LogP contribution is -2.11. The molecular formula is C22H14ClFN6O2. The summed E-state index contributed by atoms with van der Waals surface area (Å²) in [5.41, 5.74) is 3.08. The number of oxazole rings is 1. The molecule has 0 aliphatic carbocycles. The van der Waals surface area contributed by atoms with Gasteiger partial charge in [-0.1, -0.05) is 23.7 Å². The Bertz CT molecular complexity index is 1440. The number of imidazole rings is 1. The summed E-state index contributed by atoms with van der Waals surface area (Å²) in [6, 6.07) is 11.8. The van der Waals surface area contributed by atoms with Gasteiger partial charge in [0.1, 0.15) is 24.9 Å². The number of nitrogens with zero attached hydrogens (tertiary/aromatic N) is 6. The van der Waals surface area contributed by atoms with Crippen molar-refractivity contribution in [2.24, 2.45) is 0 Å². The topological polar surface area (TPSA) is 83.8 Å². The van der Waals surface area contributed by atoms with Crippen molar-refractivity contribution in [2.45, 2.75) is 13.2 Å². The smallest absolute Gasteiger partial charge is 0.246 e. The molecule has 8 nitrogen and oxygen atoms in total. The molecule has 10 heteroatoms. The van der Waals surface area contributed by atoms with E-state index in [4.69, 9.17) is 20.8 Å². The van der Waals surface area contributed by atoms with E-state index in [1.54, 1.807) is 30.7 Å². The van der Waals surface area contributed by atoms with Crippen LogP contribution in [0.25, 0.3) is 28.7 Å². The van der Waals surface area contributed by atoms with Crippen LogP contribution in [0.4, 0.5) is 4.39 Å². The van der Waals surface area contributed by atoms with Crippen molar-refractivity contribution in [3.8, 4) is 34.4 Å². The Hall–Kier alpha value is -3.98. The van der Waals surface area contributed by atoms with Crippen molar-refractivity contribution in [1.82, 2.24) is 29.3 Å². The van der Waals surface area contributed by atoms with Crippen LogP contribution in [0.2, 0.25) is 5.02 Å². The third-order valence-corrected chi connectivity index (χ3v) is 5.52. The highest BCUT2D eigenvalue weighted by molar-refractivity contribution is 6.31. The minimum atomic E-state index is -0.440. The van der Waals surface area contributed by atoms with Crippen molar-refractivity contribution >= 4 is 11.6 Å². The fourth-order valence-corrected chi connectivity index (χ4v) is 3.98. The minimum absolute atomic E-state index is 0.0340. The van der Waals surface area contributed by atoms with Crippen molar-refractivity contribution in [1.29, 1.82) is 0 Å². The lowest BCUT2D eigenvalue weighted by molar-refractivity contribution is 0.276. The maximum atomic E-state index is 14.0. The Kier molecular flexibility index (Phi) is 4.29. The molecule has 6 rings (SSSR count). The summed E-state index contributed by atoms with van der Waals surface area (Å²) in [5.74, 6) is 1.27. The number of halogens is 2. The van der Waals surface area contributed by atoms with Gasteiger partial charge in [-0.25, -0.2) is 14.4 Å². The summed E-state index contributed by atoms with van der Waals surface area (Å²) in [7, 11) is 0. The molecule has 0 spiro atoms. The summed E-state index contributed by atoms with van der Waals surface area (Å²) in [5, 5.41) is 9.28. The molecule has 1 aliphatic rings. The maximum absolute atomic E-state index is 14.0. The predicted molar refractivity (Wildman–Crippen MR) is 113 cm³/mol. The summed E-state index contributed by atoms with van der Waals surface area (Å²) >= 11 is 6.30. The number of benzene rings is 2. The van der Waals surface area contributed by atoms with Gasteiger partial charge in [0, 0.05) is 10.6 Å². The van der Waals surface area contributed by atoms with Gasteiger partial charge in [-0.05, 0) is 30.3 Å². The summed E-state index contributed by atoms with van der Waals surface area (Å²) in [6.45, 7) is 0.411. The van der Waals surface area contributed by atoms with E-state index in [0.29, 0.717) is 34.8 Å². The molecule has 0 unspecified atom stereocenters. The molecule has 0 saturated heterocycles. The van der Waals surface area contributed by atoms with Gasteiger partial charge >= 0.3 is 0 Å². The monoisotopic (exact) mass is 448 g/mol. The van der Waals surface area contributed by atoms with E-state index in [2.05, 4.69) is 20.2 Å². The maximum Gasteiger partial charge on any atom is 0.246 e. The van der Waals surface area contributed by atoms with Crippen molar-refractivity contribution in [2.75, 3.05) is 0 Å². The normalized spacial score (nSPS) is 12.1. The van der Waals surface area contributed by atoms with Crippen molar-refractivity contribution in [3.05, 3.63) is 83.6 Å². The van der Waals surface area contributed by atoms with Gasteiger partial charge in [0.2, 0.25) is 5.89 Å². The number of fused-ring (bicyclic) bond motifs is 5. The molecule has 0 radical (unpaired) electrons. The number of hydrogen-bond donors (Lipinski definition) is 0. The Labute approximate surface area is 185 Å². The van der Waals surface area contributed by atoms with E-state index in [9.17, 15) is 4.39 Å². The van der Waals surface area contributed by atoms with E-state index >= 15 is 0 Å². The molecule has 4 heterocycles. The zero-order valence-corrected chi connectivity index (χ0v) is 17.2. The molecule has 3 aromatic heterocycles. The second kappa shape index (κ2) is 7.31. The predicted octanol–water partition coefficient (Wildman–Crippen LogP) is 4.52. The Balaban J connectivity index is 1.48. The van der Waals surface area contributed by atoms with Gasteiger partial charge in [-0.3, -0.25) is 4.57 Å². The second-order valence-electron chi connectivity index (χ2n) is 7.15. The lowest BCUT2D eigenvalue weighted by Gasteiger charge is -2.10. The number of ether oxygens (including phenoxy) is 1. The number of para-hydroxylation sites is 1. The fraction of sp³-hybridized carbons (Fsp3) is 0.0909. The minimum Gasteiger partial charge on any atom is -0.483 e. The zero-order valence-electron chi connectivity index (χ0n) is 16.4. The van der Waals surface area contributed by atoms with E-state index in [1.165, 1.54) is 12.3 Å². The number of aromatic nitrogens is 6.